The Kier molecular flexibility index (Phi) is 1.99. The highest BCUT2D eigenvalue weighted by molar-refractivity contribution is 5.13. The van der Waals surface area contributed by atoms with Crippen LogP contribution in [0.25, 0.3) is 0 Å². The summed E-state index contributed by atoms with van der Waals surface area (Å²) < 4.78 is 5.81. The van der Waals surface area contributed by atoms with E-state index in [1.54, 1.807) is 0 Å². The summed E-state index contributed by atoms with van der Waals surface area (Å²) >= 11 is 0. The van der Waals surface area contributed by atoms with Gasteiger partial charge in [-0.05, 0) is 30.6 Å². The number of hydrogen-bond acceptors (Lipinski definition) is 2. The fourth-order valence-corrected chi connectivity index (χ4v) is 3.06. The number of fused-ring (bicyclic) bond motifs is 3. The third-order valence-electron chi connectivity index (χ3n) is 3.80. The Bertz CT molecular complexity index is 282. The molecule has 0 spiro atoms. The highest BCUT2D eigenvalue weighted by atomic mass is 16.5. The smallest absolute Gasteiger partial charge is 0.0791 e. The lowest BCUT2D eigenvalue weighted by atomic mass is 9.74. The van der Waals surface area contributed by atoms with Gasteiger partial charge in [-0.3, -0.25) is 0 Å². The van der Waals surface area contributed by atoms with Crippen molar-refractivity contribution in [3.8, 4) is 0 Å². The van der Waals surface area contributed by atoms with Gasteiger partial charge in [0.05, 0.1) is 18.8 Å². The monoisotopic (exact) mass is 192 g/mol. The molecule has 0 bridgehead atoms. The van der Waals surface area contributed by atoms with Gasteiger partial charge in [0.2, 0.25) is 0 Å². The normalized spacial score (nSPS) is 50.2. The molecule has 1 saturated heterocycles. The number of aliphatic hydroxyl groups is 1. The van der Waals surface area contributed by atoms with Gasteiger partial charge in [-0.1, -0.05) is 24.3 Å². The Morgan fingerprint density at radius 1 is 1.21 bits per heavy atom. The molecule has 0 saturated carbocycles. The highest BCUT2D eigenvalue weighted by Gasteiger charge is 2.41. The number of rotatable bonds is 0. The molecule has 76 valence electrons. The van der Waals surface area contributed by atoms with Crippen LogP contribution in [0.4, 0.5) is 0 Å². The Balaban J connectivity index is 1.85. The molecule has 1 aliphatic heterocycles. The predicted octanol–water partition coefficient (Wildman–Crippen LogP) is 1.51. The minimum absolute atomic E-state index is 0.252. The van der Waals surface area contributed by atoms with E-state index in [2.05, 4.69) is 12.2 Å². The van der Waals surface area contributed by atoms with Crippen molar-refractivity contribution in [3.05, 3.63) is 24.3 Å². The molecule has 14 heavy (non-hydrogen) atoms. The van der Waals surface area contributed by atoms with Crippen molar-refractivity contribution < 1.29 is 9.84 Å². The summed E-state index contributed by atoms with van der Waals surface area (Å²) in [6.07, 6.45) is 10.5. The standard InChI is InChI=1S/C12H16O2/c13-9-4-5-12-11(6-9)10-3-1-2-8(10)7-14-12/h1,3-5,8-13H,2,6-7H2. The van der Waals surface area contributed by atoms with Crippen LogP contribution in [0.1, 0.15) is 12.8 Å². The Labute approximate surface area is 84.3 Å². The van der Waals surface area contributed by atoms with Gasteiger partial charge in [-0.15, -0.1) is 0 Å². The Morgan fingerprint density at radius 3 is 3.07 bits per heavy atom. The molecule has 0 aromatic carbocycles. The molecule has 2 nitrogen and oxygen atoms in total. The second-order valence-corrected chi connectivity index (χ2v) is 4.65. The number of hydrogen-bond donors (Lipinski definition) is 1. The van der Waals surface area contributed by atoms with Crippen LogP contribution in [0.2, 0.25) is 0 Å². The molecule has 3 rings (SSSR count). The third kappa shape index (κ3) is 1.25. The average Bonchev–Trinajstić information content (AvgIpc) is 2.65. The SMILES string of the molecule is OC1C=CC2OCC3CC=CC3C2C1. The second-order valence-electron chi connectivity index (χ2n) is 4.65. The molecular formula is C12H16O2. The summed E-state index contributed by atoms with van der Waals surface area (Å²) in [7, 11) is 0. The van der Waals surface area contributed by atoms with Gasteiger partial charge in [0, 0.05) is 0 Å². The maximum atomic E-state index is 9.60. The first kappa shape index (κ1) is 8.69. The molecular weight excluding hydrogens is 176 g/mol. The molecule has 1 fully saturated rings. The van der Waals surface area contributed by atoms with E-state index in [-0.39, 0.29) is 12.2 Å². The average molecular weight is 192 g/mol. The summed E-state index contributed by atoms with van der Waals surface area (Å²) in [6.45, 7) is 0.888. The van der Waals surface area contributed by atoms with Gasteiger partial charge in [-0.25, -0.2) is 0 Å². The molecule has 5 atom stereocenters. The third-order valence-corrected chi connectivity index (χ3v) is 3.80. The van der Waals surface area contributed by atoms with Crippen LogP contribution in [0.5, 0.6) is 0 Å². The van der Waals surface area contributed by atoms with E-state index in [1.165, 1.54) is 0 Å². The van der Waals surface area contributed by atoms with Crippen LogP contribution in [0.15, 0.2) is 24.3 Å². The molecule has 2 heteroatoms. The van der Waals surface area contributed by atoms with Gasteiger partial charge in [0.1, 0.15) is 0 Å². The lowest BCUT2D eigenvalue weighted by Gasteiger charge is -2.41. The van der Waals surface area contributed by atoms with Crippen molar-refractivity contribution in [2.75, 3.05) is 6.61 Å². The van der Waals surface area contributed by atoms with Crippen LogP contribution in [-0.2, 0) is 4.74 Å². The zero-order valence-corrected chi connectivity index (χ0v) is 8.17. The number of ether oxygens (including phenoxy) is 1. The summed E-state index contributed by atoms with van der Waals surface area (Å²) in [5.74, 6) is 1.83. The maximum Gasteiger partial charge on any atom is 0.0791 e. The van der Waals surface area contributed by atoms with Crippen LogP contribution < -0.4 is 0 Å². The lowest BCUT2D eigenvalue weighted by Crippen LogP contribution is -2.42. The van der Waals surface area contributed by atoms with Gasteiger partial charge < -0.3 is 9.84 Å². The summed E-state index contributed by atoms with van der Waals surface area (Å²) in [5, 5.41) is 9.60. The van der Waals surface area contributed by atoms with E-state index in [0.29, 0.717) is 17.8 Å². The van der Waals surface area contributed by atoms with E-state index in [9.17, 15) is 5.11 Å². The van der Waals surface area contributed by atoms with Gasteiger partial charge in [0.15, 0.2) is 0 Å². The van der Waals surface area contributed by atoms with Crippen LogP contribution in [0.3, 0.4) is 0 Å². The molecule has 5 unspecified atom stereocenters. The zero-order valence-electron chi connectivity index (χ0n) is 8.17. The highest BCUT2D eigenvalue weighted by Crippen LogP contribution is 2.42. The number of aliphatic hydroxyl groups excluding tert-OH is 1. The van der Waals surface area contributed by atoms with Crippen molar-refractivity contribution in [3.63, 3.8) is 0 Å². The van der Waals surface area contributed by atoms with E-state index >= 15 is 0 Å². The summed E-state index contributed by atoms with van der Waals surface area (Å²) in [4.78, 5) is 0. The Morgan fingerprint density at radius 2 is 2.14 bits per heavy atom. The molecule has 0 aromatic heterocycles. The van der Waals surface area contributed by atoms with Crippen LogP contribution in [0, 0.1) is 17.8 Å². The zero-order chi connectivity index (χ0) is 9.54. The van der Waals surface area contributed by atoms with E-state index in [0.717, 1.165) is 19.4 Å². The first-order valence-corrected chi connectivity index (χ1v) is 5.49. The van der Waals surface area contributed by atoms with E-state index in [1.807, 2.05) is 12.2 Å². The summed E-state index contributed by atoms with van der Waals surface area (Å²) in [6, 6.07) is 0. The maximum absolute atomic E-state index is 9.60. The van der Waals surface area contributed by atoms with Crippen molar-refractivity contribution >= 4 is 0 Å². The van der Waals surface area contributed by atoms with Gasteiger partial charge in [-0.2, -0.15) is 0 Å². The molecule has 0 radical (unpaired) electrons. The molecule has 3 aliphatic rings. The molecule has 1 N–H and O–H groups in total. The largest absolute Gasteiger partial charge is 0.389 e. The lowest BCUT2D eigenvalue weighted by molar-refractivity contribution is -0.0666. The van der Waals surface area contributed by atoms with E-state index in [4.69, 9.17) is 4.74 Å². The second kappa shape index (κ2) is 3.21. The Hall–Kier alpha value is -0.600. The van der Waals surface area contributed by atoms with Crippen molar-refractivity contribution in [2.24, 2.45) is 17.8 Å². The van der Waals surface area contributed by atoms with Crippen molar-refractivity contribution in [1.29, 1.82) is 0 Å². The molecule has 2 aliphatic carbocycles. The van der Waals surface area contributed by atoms with E-state index < -0.39 is 0 Å². The number of allylic oxidation sites excluding steroid dienone is 2. The fraction of sp³-hybridized carbons (Fsp3) is 0.667. The van der Waals surface area contributed by atoms with Crippen LogP contribution in [-0.4, -0.2) is 23.9 Å². The first-order valence-electron chi connectivity index (χ1n) is 5.49. The van der Waals surface area contributed by atoms with Crippen molar-refractivity contribution in [1.82, 2.24) is 0 Å². The fourth-order valence-electron chi connectivity index (χ4n) is 3.06. The van der Waals surface area contributed by atoms with Gasteiger partial charge >= 0.3 is 0 Å². The predicted molar refractivity (Wildman–Crippen MR) is 53.7 cm³/mol. The minimum Gasteiger partial charge on any atom is -0.389 e. The minimum atomic E-state index is -0.257. The molecule has 1 heterocycles. The first-order chi connectivity index (χ1) is 6.84. The molecule has 0 amide bonds. The molecule has 0 aromatic rings. The van der Waals surface area contributed by atoms with Crippen molar-refractivity contribution in [2.45, 2.75) is 25.0 Å². The van der Waals surface area contributed by atoms with Crippen LogP contribution >= 0.6 is 0 Å². The van der Waals surface area contributed by atoms with Gasteiger partial charge in [0.25, 0.3) is 0 Å². The topological polar surface area (TPSA) is 29.5 Å². The quantitative estimate of drug-likeness (QED) is 0.590. The summed E-state index contributed by atoms with van der Waals surface area (Å²) in [5.41, 5.74) is 0.